The van der Waals surface area contributed by atoms with Gasteiger partial charge in [-0.15, -0.1) is 0 Å². The Hall–Kier alpha value is -1.02. The zero-order chi connectivity index (χ0) is 15.0. The lowest BCUT2D eigenvalue weighted by Gasteiger charge is -2.25. The number of ether oxygens (including phenoxy) is 1. The maximum absolute atomic E-state index is 5.74. The molecule has 2 heteroatoms. The third-order valence-corrected chi connectivity index (χ3v) is 3.82. The van der Waals surface area contributed by atoms with Gasteiger partial charge in [-0.3, -0.25) is 0 Å². The quantitative estimate of drug-likeness (QED) is 0.677. The van der Waals surface area contributed by atoms with Crippen LogP contribution in [0.4, 0.5) is 0 Å². The predicted octanol–water partition coefficient (Wildman–Crippen LogP) is 4.35. The Labute approximate surface area is 124 Å². The summed E-state index contributed by atoms with van der Waals surface area (Å²) in [5, 5.41) is 3.42. The second kappa shape index (κ2) is 8.31. The van der Waals surface area contributed by atoms with Gasteiger partial charge in [0.05, 0.1) is 6.61 Å². The number of hydrogen-bond acceptors (Lipinski definition) is 2. The van der Waals surface area contributed by atoms with Crippen molar-refractivity contribution >= 4 is 0 Å². The zero-order valence-corrected chi connectivity index (χ0v) is 13.9. The Bertz CT molecular complexity index is 398. The molecule has 0 unspecified atom stereocenters. The van der Waals surface area contributed by atoms with Crippen LogP contribution in [-0.2, 0) is 6.42 Å². The van der Waals surface area contributed by atoms with Gasteiger partial charge in [0, 0.05) is 0 Å². The lowest BCUT2D eigenvalue weighted by molar-refractivity contribution is 0.297. The van der Waals surface area contributed by atoms with E-state index in [2.05, 4.69) is 51.2 Å². The molecule has 114 valence electrons. The fourth-order valence-electron chi connectivity index (χ4n) is 2.40. The minimum absolute atomic E-state index is 0.370. The molecule has 0 aliphatic heterocycles. The van der Waals surface area contributed by atoms with Crippen molar-refractivity contribution in [3.63, 3.8) is 0 Å². The second-order valence-corrected chi connectivity index (χ2v) is 6.31. The minimum atomic E-state index is 0.370. The molecular weight excluding hydrogens is 246 g/mol. The zero-order valence-electron chi connectivity index (χ0n) is 13.9. The Morgan fingerprint density at radius 2 is 1.90 bits per heavy atom. The molecule has 0 aliphatic rings. The Morgan fingerprint density at radius 1 is 1.15 bits per heavy atom. The molecule has 0 atom stereocenters. The third kappa shape index (κ3) is 5.96. The molecule has 1 N–H and O–H groups in total. The first-order valence-corrected chi connectivity index (χ1v) is 7.91. The van der Waals surface area contributed by atoms with E-state index in [1.165, 1.54) is 24.0 Å². The van der Waals surface area contributed by atoms with E-state index < -0.39 is 0 Å². The largest absolute Gasteiger partial charge is 0.494 e. The standard InChI is InChI=1S/C18H31NO/c1-6-19-13-12-18(4,5)11-10-16-14-15(3)8-9-17(16)20-7-2/h8-9,14,19H,6-7,10-13H2,1-5H3. The Morgan fingerprint density at radius 3 is 2.55 bits per heavy atom. The van der Waals surface area contributed by atoms with E-state index in [0.717, 1.165) is 31.9 Å². The van der Waals surface area contributed by atoms with Gasteiger partial charge >= 0.3 is 0 Å². The van der Waals surface area contributed by atoms with E-state index in [-0.39, 0.29) is 0 Å². The average Bonchev–Trinajstić information content (AvgIpc) is 2.39. The van der Waals surface area contributed by atoms with Crippen molar-refractivity contribution in [2.24, 2.45) is 5.41 Å². The summed E-state index contributed by atoms with van der Waals surface area (Å²) >= 11 is 0. The van der Waals surface area contributed by atoms with E-state index >= 15 is 0 Å². The number of nitrogens with one attached hydrogen (secondary N) is 1. The summed E-state index contributed by atoms with van der Waals surface area (Å²) in [5.41, 5.74) is 3.03. The lowest BCUT2D eigenvalue weighted by Crippen LogP contribution is -2.22. The molecule has 0 radical (unpaired) electrons. The molecule has 20 heavy (non-hydrogen) atoms. The fraction of sp³-hybridized carbons (Fsp3) is 0.667. The van der Waals surface area contributed by atoms with Crippen LogP contribution < -0.4 is 10.1 Å². The molecule has 1 aromatic rings. The van der Waals surface area contributed by atoms with Gasteiger partial charge in [-0.1, -0.05) is 38.5 Å². The number of hydrogen-bond donors (Lipinski definition) is 1. The molecule has 0 spiro atoms. The van der Waals surface area contributed by atoms with Crippen LogP contribution in [0.1, 0.15) is 51.7 Å². The summed E-state index contributed by atoms with van der Waals surface area (Å²) in [6.07, 6.45) is 3.51. The summed E-state index contributed by atoms with van der Waals surface area (Å²) in [5.74, 6) is 1.06. The van der Waals surface area contributed by atoms with Crippen molar-refractivity contribution < 1.29 is 4.74 Å². The Balaban J connectivity index is 2.61. The molecule has 0 amide bonds. The third-order valence-electron chi connectivity index (χ3n) is 3.82. The molecule has 2 nitrogen and oxygen atoms in total. The first-order chi connectivity index (χ1) is 9.48. The molecule has 0 bridgehead atoms. The highest BCUT2D eigenvalue weighted by Crippen LogP contribution is 2.29. The van der Waals surface area contributed by atoms with Crippen LogP contribution in [0.3, 0.4) is 0 Å². The van der Waals surface area contributed by atoms with Crippen molar-refractivity contribution in [3.05, 3.63) is 29.3 Å². The van der Waals surface area contributed by atoms with Crippen LogP contribution in [0.25, 0.3) is 0 Å². The van der Waals surface area contributed by atoms with Crippen LogP contribution >= 0.6 is 0 Å². The maximum atomic E-state index is 5.74. The van der Waals surface area contributed by atoms with Gasteiger partial charge in [0.2, 0.25) is 0 Å². The van der Waals surface area contributed by atoms with Crippen LogP contribution in [0.5, 0.6) is 5.75 Å². The number of aryl methyl sites for hydroxylation is 2. The van der Waals surface area contributed by atoms with Crippen molar-refractivity contribution in [3.8, 4) is 5.75 Å². The van der Waals surface area contributed by atoms with Crippen LogP contribution in [0, 0.1) is 12.3 Å². The van der Waals surface area contributed by atoms with Crippen LogP contribution in [0.2, 0.25) is 0 Å². The molecule has 0 saturated carbocycles. The summed E-state index contributed by atoms with van der Waals surface area (Å²) in [6.45, 7) is 14.0. The molecule has 0 aliphatic carbocycles. The predicted molar refractivity (Wildman–Crippen MR) is 87.6 cm³/mol. The molecule has 0 aromatic heterocycles. The lowest BCUT2D eigenvalue weighted by atomic mass is 9.83. The van der Waals surface area contributed by atoms with E-state index in [4.69, 9.17) is 4.74 Å². The SMILES string of the molecule is CCNCCC(C)(C)CCc1cc(C)ccc1OCC. The smallest absolute Gasteiger partial charge is 0.122 e. The molecule has 1 aromatic carbocycles. The molecule has 0 fully saturated rings. The average molecular weight is 277 g/mol. The van der Waals surface area contributed by atoms with Gasteiger partial charge < -0.3 is 10.1 Å². The van der Waals surface area contributed by atoms with Gasteiger partial charge in [0.15, 0.2) is 0 Å². The first kappa shape index (κ1) is 17.0. The highest BCUT2D eigenvalue weighted by molar-refractivity contribution is 5.37. The molecule has 0 saturated heterocycles. The number of benzene rings is 1. The fourth-order valence-corrected chi connectivity index (χ4v) is 2.40. The van der Waals surface area contributed by atoms with Crippen LogP contribution in [0.15, 0.2) is 18.2 Å². The second-order valence-electron chi connectivity index (χ2n) is 6.31. The summed E-state index contributed by atoms with van der Waals surface area (Å²) in [4.78, 5) is 0. The summed E-state index contributed by atoms with van der Waals surface area (Å²) in [7, 11) is 0. The Kier molecular flexibility index (Phi) is 7.08. The highest BCUT2D eigenvalue weighted by atomic mass is 16.5. The van der Waals surface area contributed by atoms with Crippen molar-refractivity contribution in [1.29, 1.82) is 0 Å². The normalized spacial score (nSPS) is 11.7. The van der Waals surface area contributed by atoms with E-state index in [9.17, 15) is 0 Å². The highest BCUT2D eigenvalue weighted by Gasteiger charge is 2.18. The molecule has 0 heterocycles. The van der Waals surface area contributed by atoms with Crippen molar-refractivity contribution in [2.45, 2.75) is 53.9 Å². The van der Waals surface area contributed by atoms with Gasteiger partial charge in [0.1, 0.15) is 5.75 Å². The van der Waals surface area contributed by atoms with E-state index in [1.54, 1.807) is 0 Å². The van der Waals surface area contributed by atoms with E-state index in [1.807, 2.05) is 6.92 Å². The van der Waals surface area contributed by atoms with Gasteiger partial charge in [-0.25, -0.2) is 0 Å². The minimum Gasteiger partial charge on any atom is -0.494 e. The van der Waals surface area contributed by atoms with Crippen molar-refractivity contribution in [2.75, 3.05) is 19.7 Å². The van der Waals surface area contributed by atoms with Crippen LogP contribution in [-0.4, -0.2) is 19.7 Å². The van der Waals surface area contributed by atoms with E-state index in [0.29, 0.717) is 5.41 Å². The first-order valence-electron chi connectivity index (χ1n) is 7.91. The van der Waals surface area contributed by atoms with Gasteiger partial charge in [-0.2, -0.15) is 0 Å². The summed E-state index contributed by atoms with van der Waals surface area (Å²) < 4.78 is 5.74. The molecular formula is C18H31NO. The monoisotopic (exact) mass is 277 g/mol. The topological polar surface area (TPSA) is 21.3 Å². The van der Waals surface area contributed by atoms with Crippen molar-refractivity contribution in [1.82, 2.24) is 5.32 Å². The van der Waals surface area contributed by atoms with Gasteiger partial charge in [0.25, 0.3) is 0 Å². The summed E-state index contributed by atoms with van der Waals surface area (Å²) in [6, 6.07) is 6.51. The number of rotatable bonds is 9. The molecule has 1 rings (SSSR count). The maximum Gasteiger partial charge on any atom is 0.122 e. The van der Waals surface area contributed by atoms with Gasteiger partial charge in [-0.05, 0) is 63.2 Å².